The molecule has 1 N–H and O–H groups in total. The molecule has 1 nitrogen and oxygen atoms in total. The van der Waals surface area contributed by atoms with Crippen molar-refractivity contribution in [1.82, 2.24) is 5.32 Å². The Morgan fingerprint density at radius 2 is 1.88 bits per heavy atom. The molecule has 0 atom stereocenters. The maximum Gasteiger partial charge on any atom is 0.127 e. The van der Waals surface area contributed by atoms with Crippen LogP contribution in [0.4, 0.5) is 4.39 Å². The van der Waals surface area contributed by atoms with E-state index in [4.69, 9.17) is 0 Å². The molecule has 0 saturated carbocycles. The molecule has 0 unspecified atom stereocenters. The molecule has 0 fully saturated rings. The first-order valence-corrected chi connectivity index (χ1v) is 5.78. The molecule has 0 amide bonds. The SMILES string of the molecule is CCCCCCNCc1ccccc1F.Cl. The first kappa shape index (κ1) is 15.4. The number of hydrogen-bond acceptors (Lipinski definition) is 1. The molecule has 16 heavy (non-hydrogen) atoms. The second kappa shape index (κ2) is 9.61. The lowest BCUT2D eigenvalue weighted by molar-refractivity contribution is 0.567. The minimum atomic E-state index is -0.112. The molecule has 0 spiro atoms. The van der Waals surface area contributed by atoms with Crippen LogP contribution in [-0.4, -0.2) is 6.54 Å². The molecule has 0 aliphatic carbocycles. The second-order valence-electron chi connectivity index (χ2n) is 3.83. The van der Waals surface area contributed by atoms with Gasteiger partial charge in [-0.1, -0.05) is 44.4 Å². The number of unbranched alkanes of at least 4 members (excludes halogenated alkanes) is 3. The van der Waals surface area contributed by atoms with Crippen LogP contribution in [0.15, 0.2) is 24.3 Å². The summed E-state index contributed by atoms with van der Waals surface area (Å²) in [5.41, 5.74) is 0.757. The monoisotopic (exact) mass is 245 g/mol. The predicted molar refractivity (Wildman–Crippen MR) is 69.5 cm³/mol. The van der Waals surface area contributed by atoms with Crippen LogP contribution in [0.25, 0.3) is 0 Å². The van der Waals surface area contributed by atoms with Gasteiger partial charge in [-0.05, 0) is 19.0 Å². The topological polar surface area (TPSA) is 12.0 Å². The van der Waals surface area contributed by atoms with E-state index in [1.807, 2.05) is 12.1 Å². The van der Waals surface area contributed by atoms with Gasteiger partial charge in [-0.3, -0.25) is 0 Å². The highest BCUT2D eigenvalue weighted by molar-refractivity contribution is 5.85. The highest BCUT2D eigenvalue weighted by Crippen LogP contribution is 2.05. The Balaban J connectivity index is 0.00000225. The van der Waals surface area contributed by atoms with E-state index in [-0.39, 0.29) is 18.2 Å². The van der Waals surface area contributed by atoms with Crippen molar-refractivity contribution >= 4 is 12.4 Å². The minimum Gasteiger partial charge on any atom is -0.313 e. The predicted octanol–water partition coefficient (Wildman–Crippen LogP) is 3.92. The quantitative estimate of drug-likeness (QED) is 0.718. The smallest absolute Gasteiger partial charge is 0.127 e. The van der Waals surface area contributed by atoms with Gasteiger partial charge in [-0.15, -0.1) is 12.4 Å². The van der Waals surface area contributed by atoms with E-state index < -0.39 is 0 Å². The fourth-order valence-electron chi connectivity index (χ4n) is 1.54. The van der Waals surface area contributed by atoms with Gasteiger partial charge in [0.2, 0.25) is 0 Å². The number of nitrogens with one attached hydrogen (secondary N) is 1. The fourth-order valence-corrected chi connectivity index (χ4v) is 1.54. The summed E-state index contributed by atoms with van der Waals surface area (Å²) in [7, 11) is 0. The van der Waals surface area contributed by atoms with E-state index in [1.165, 1.54) is 31.7 Å². The van der Waals surface area contributed by atoms with Gasteiger partial charge in [-0.2, -0.15) is 0 Å². The van der Waals surface area contributed by atoms with E-state index >= 15 is 0 Å². The lowest BCUT2D eigenvalue weighted by Crippen LogP contribution is -2.15. The van der Waals surface area contributed by atoms with Gasteiger partial charge in [0.1, 0.15) is 5.82 Å². The van der Waals surface area contributed by atoms with Gasteiger partial charge in [0.25, 0.3) is 0 Å². The Labute approximate surface area is 104 Å². The Bertz CT molecular complexity index is 278. The van der Waals surface area contributed by atoms with Crippen LogP contribution < -0.4 is 5.32 Å². The van der Waals surface area contributed by atoms with E-state index in [0.29, 0.717) is 6.54 Å². The fraction of sp³-hybridized carbons (Fsp3) is 0.538. The summed E-state index contributed by atoms with van der Waals surface area (Å²) < 4.78 is 13.2. The third-order valence-electron chi connectivity index (χ3n) is 2.48. The molecule has 1 aromatic rings. The third-order valence-corrected chi connectivity index (χ3v) is 2.48. The number of benzene rings is 1. The van der Waals surface area contributed by atoms with Crippen LogP contribution in [0.1, 0.15) is 38.2 Å². The molecule has 3 heteroatoms. The normalized spacial score (nSPS) is 9.88. The van der Waals surface area contributed by atoms with Crippen molar-refractivity contribution in [2.24, 2.45) is 0 Å². The number of hydrogen-bond donors (Lipinski definition) is 1. The van der Waals surface area contributed by atoms with Crippen molar-refractivity contribution in [3.8, 4) is 0 Å². The molecule has 92 valence electrons. The highest BCUT2D eigenvalue weighted by atomic mass is 35.5. The summed E-state index contributed by atoms with van der Waals surface area (Å²) in [4.78, 5) is 0. The summed E-state index contributed by atoms with van der Waals surface area (Å²) in [5.74, 6) is -0.112. The molecule has 0 heterocycles. The van der Waals surface area contributed by atoms with Crippen molar-refractivity contribution in [3.63, 3.8) is 0 Å². The molecule has 0 aliphatic rings. The van der Waals surface area contributed by atoms with E-state index in [2.05, 4.69) is 12.2 Å². The molecular formula is C13H21ClFN. The first-order chi connectivity index (χ1) is 7.34. The summed E-state index contributed by atoms with van der Waals surface area (Å²) >= 11 is 0. The Kier molecular flexibility index (Phi) is 9.25. The minimum absolute atomic E-state index is 0. The average molecular weight is 246 g/mol. The number of halogens is 2. The van der Waals surface area contributed by atoms with Crippen molar-refractivity contribution in [1.29, 1.82) is 0 Å². The first-order valence-electron chi connectivity index (χ1n) is 5.78. The van der Waals surface area contributed by atoms with Crippen LogP contribution in [0.3, 0.4) is 0 Å². The van der Waals surface area contributed by atoms with Gasteiger partial charge in [0.05, 0.1) is 0 Å². The summed E-state index contributed by atoms with van der Waals surface area (Å²) in [6.45, 7) is 3.82. The lowest BCUT2D eigenvalue weighted by Gasteiger charge is -2.05. The van der Waals surface area contributed by atoms with Crippen LogP contribution >= 0.6 is 12.4 Å². The Hall–Kier alpha value is -0.600. The van der Waals surface area contributed by atoms with Gasteiger partial charge < -0.3 is 5.32 Å². The van der Waals surface area contributed by atoms with Crippen molar-refractivity contribution < 1.29 is 4.39 Å². The van der Waals surface area contributed by atoms with Gasteiger partial charge >= 0.3 is 0 Å². The molecule has 1 aromatic carbocycles. The molecule has 0 saturated heterocycles. The standard InChI is InChI=1S/C13H20FN.ClH/c1-2-3-4-7-10-15-11-12-8-5-6-9-13(12)14;/h5-6,8-9,15H,2-4,7,10-11H2,1H3;1H. The largest absolute Gasteiger partial charge is 0.313 e. The van der Waals surface area contributed by atoms with Gasteiger partial charge in [0, 0.05) is 12.1 Å². The zero-order valence-electron chi connectivity index (χ0n) is 9.84. The molecule has 0 radical (unpaired) electrons. The molecular weight excluding hydrogens is 225 g/mol. The molecule has 1 rings (SSSR count). The third kappa shape index (κ3) is 6.09. The number of rotatable bonds is 7. The summed E-state index contributed by atoms with van der Waals surface area (Å²) in [6, 6.07) is 6.93. The van der Waals surface area contributed by atoms with Crippen molar-refractivity contribution in [2.45, 2.75) is 39.2 Å². The van der Waals surface area contributed by atoms with Gasteiger partial charge in [-0.25, -0.2) is 4.39 Å². The maximum atomic E-state index is 13.2. The van der Waals surface area contributed by atoms with Gasteiger partial charge in [0.15, 0.2) is 0 Å². The van der Waals surface area contributed by atoms with E-state index in [9.17, 15) is 4.39 Å². The van der Waals surface area contributed by atoms with Crippen molar-refractivity contribution in [2.75, 3.05) is 6.54 Å². The summed E-state index contributed by atoms with van der Waals surface area (Å²) in [5, 5.41) is 3.26. The van der Waals surface area contributed by atoms with E-state index in [1.54, 1.807) is 6.07 Å². The van der Waals surface area contributed by atoms with Crippen LogP contribution in [0, 0.1) is 5.82 Å². The maximum absolute atomic E-state index is 13.2. The van der Waals surface area contributed by atoms with Crippen LogP contribution in [0.5, 0.6) is 0 Å². The van der Waals surface area contributed by atoms with E-state index in [0.717, 1.165) is 12.1 Å². The molecule has 0 bridgehead atoms. The molecule has 0 aliphatic heterocycles. The van der Waals surface area contributed by atoms with Crippen molar-refractivity contribution in [3.05, 3.63) is 35.6 Å². The Morgan fingerprint density at radius 1 is 1.12 bits per heavy atom. The summed E-state index contributed by atoms with van der Waals surface area (Å²) in [6.07, 6.45) is 5.00. The van der Waals surface area contributed by atoms with Crippen LogP contribution in [0.2, 0.25) is 0 Å². The highest BCUT2D eigenvalue weighted by Gasteiger charge is 1.98. The zero-order chi connectivity index (χ0) is 10.9. The Morgan fingerprint density at radius 3 is 2.56 bits per heavy atom. The average Bonchev–Trinajstić information content (AvgIpc) is 2.25. The molecule has 0 aromatic heterocycles. The van der Waals surface area contributed by atoms with Crippen LogP contribution in [-0.2, 0) is 6.54 Å². The zero-order valence-corrected chi connectivity index (χ0v) is 10.7. The lowest BCUT2D eigenvalue weighted by atomic mass is 10.2. The second-order valence-corrected chi connectivity index (χ2v) is 3.83.